The number of aromatic carboxylic acids is 1. The number of carboxylic acid groups (broad SMARTS) is 1. The van der Waals surface area contributed by atoms with Crippen molar-refractivity contribution in [2.75, 3.05) is 10.7 Å². The van der Waals surface area contributed by atoms with Gasteiger partial charge in [-0.15, -0.1) is 11.8 Å². The molecule has 0 saturated carbocycles. The zero-order valence-corrected chi connectivity index (χ0v) is 12.2. The summed E-state index contributed by atoms with van der Waals surface area (Å²) in [5.41, 5.74) is 0.853. The standard InChI is InChI=1S/C16H12FNO3S/c17-12-4-2-1-3-11(12)8-18-13-7-10(16(20)21)5-6-14(13)22-9-15(18)19/h1-7H,8-9H2,(H,20,21)/p-1. The van der Waals surface area contributed by atoms with E-state index in [1.54, 1.807) is 24.3 Å². The van der Waals surface area contributed by atoms with Crippen molar-refractivity contribution in [2.45, 2.75) is 11.4 Å². The van der Waals surface area contributed by atoms with Gasteiger partial charge in [-0.3, -0.25) is 4.79 Å². The smallest absolute Gasteiger partial charge is 0.237 e. The van der Waals surface area contributed by atoms with E-state index in [-0.39, 0.29) is 23.8 Å². The molecule has 2 aromatic carbocycles. The first-order valence-corrected chi connectivity index (χ1v) is 7.57. The molecule has 0 saturated heterocycles. The van der Waals surface area contributed by atoms with Crippen LogP contribution in [0.15, 0.2) is 47.4 Å². The molecule has 2 aromatic rings. The summed E-state index contributed by atoms with van der Waals surface area (Å²) in [5.74, 6) is -1.65. The molecular weight excluding hydrogens is 305 g/mol. The fourth-order valence-corrected chi connectivity index (χ4v) is 3.22. The van der Waals surface area contributed by atoms with Crippen LogP contribution in [-0.4, -0.2) is 17.6 Å². The first-order chi connectivity index (χ1) is 10.6. The number of nitrogens with zero attached hydrogens (tertiary/aromatic N) is 1. The number of hydrogen-bond donors (Lipinski definition) is 0. The predicted octanol–water partition coefficient (Wildman–Crippen LogP) is 1.83. The van der Waals surface area contributed by atoms with Crippen LogP contribution in [0.1, 0.15) is 15.9 Å². The monoisotopic (exact) mass is 316 g/mol. The van der Waals surface area contributed by atoms with Crippen LogP contribution in [0.2, 0.25) is 0 Å². The Hall–Kier alpha value is -2.34. The van der Waals surface area contributed by atoms with Gasteiger partial charge in [0.05, 0.1) is 24.0 Å². The summed E-state index contributed by atoms with van der Waals surface area (Å²) in [5, 5.41) is 11.0. The van der Waals surface area contributed by atoms with E-state index in [4.69, 9.17) is 0 Å². The molecule has 0 bridgehead atoms. The maximum absolute atomic E-state index is 13.8. The van der Waals surface area contributed by atoms with E-state index in [9.17, 15) is 19.1 Å². The van der Waals surface area contributed by atoms with Gasteiger partial charge in [-0.25, -0.2) is 4.39 Å². The lowest BCUT2D eigenvalue weighted by Gasteiger charge is -2.29. The lowest BCUT2D eigenvalue weighted by atomic mass is 10.1. The number of benzene rings is 2. The molecule has 4 nitrogen and oxygen atoms in total. The van der Waals surface area contributed by atoms with Crippen LogP contribution in [0.25, 0.3) is 0 Å². The number of amides is 1. The zero-order chi connectivity index (χ0) is 15.7. The van der Waals surface area contributed by atoms with Crippen LogP contribution in [0, 0.1) is 5.82 Å². The second-order valence-electron chi connectivity index (χ2n) is 4.83. The largest absolute Gasteiger partial charge is 0.545 e. The summed E-state index contributed by atoms with van der Waals surface area (Å²) in [6.45, 7) is 0.0650. The van der Waals surface area contributed by atoms with Crippen molar-refractivity contribution in [3.63, 3.8) is 0 Å². The van der Waals surface area contributed by atoms with Crippen LogP contribution in [0.5, 0.6) is 0 Å². The minimum Gasteiger partial charge on any atom is -0.545 e. The number of carboxylic acids is 1. The molecule has 0 unspecified atom stereocenters. The van der Waals surface area contributed by atoms with Gasteiger partial charge < -0.3 is 14.8 Å². The van der Waals surface area contributed by atoms with E-state index in [1.165, 1.54) is 34.9 Å². The van der Waals surface area contributed by atoms with E-state index in [1.807, 2.05) is 0 Å². The fraction of sp³-hybridized carbons (Fsp3) is 0.125. The Bertz CT molecular complexity index is 763. The number of carbonyl (C=O) groups excluding carboxylic acids is 2. The minimum atomic E-state index is -1.31. The highest BCUT2D eigenvalue weighted by molar-refractivity contribution is 8.00. The molecular formula is C16H11FNO3S-. The summed E-state index contributed by atoms with van der Waals surface area (Å²) in [4.78, 5) is 25.4. The van der Waals surface area contributed by atoms with E-state index >= 15 is 0 Å². The molecule has 0 radical (unpaired) electrons. The third-order valence-corrected chi connectivity index (χ3v) is 4.47. The second-order valence-corrected chi connectivity index (χ2v) is 5.85. The maximum Gasteiger partial charge on any atom is 0.237 e. The van der Waals surface area contributed by atoms with Gasteiger partial charge in [0, 0.05) is 10.5 Å². The number of hydrogen-bond acceptors (Lipinski definition) is 4. The highest BCUT2D eigenvalue weighted by Crippen LogP contribution is 2.36. The summed E-state index contributed by atoms with van der Waals surface area (Å²) >= 11 is 1.34. The van der Waals surface area contributed by atoms with Crippen molar-refractivity contribution >= 4 is 29.3 Å². The van der Waals surface area contributed by atoms with E-state index in [2.05, 4.69) is 0 Å². The van der Waals surface area contributed by atoms with Gasteiger partial charge in [-0.05, 0) is 23.8 Å². The molecule has 0 aromatic heterocycles. The van der Waals surface area contributed by atoms with Crippen molar-refractivity contribution in [3.05, 3.63) is 59.4 Å². The quantitative estimate of drug-likeness (QED) is 0.867. The summed E-state index contributed by atoms with van der Waals surface area (Å²) in [6.07, 6.45) is 0. The lowest BCUT2D eigenvalue weighted by Crippen LogP contribution is -2.35. The van der Waals surface area contributed by atoms with Crippen molar-refractivity contribution < 1.29 is 19.1 Å². The SMILES string of the molecule is O=C([O-])c1ccc2c(c1)N(Cc1ccccc1F)C(=O)CS2. The molecule has 1 heterocycles. The molecule has 1 aliphatic rings. The Labute approximate surface area is 130 Å². The van der Waals surface area contributed by atoms with Crippen LogP contribution in [0.4, 0.5) is 10.1 Å². The van der Waals surface area contributed by atoms with Crippen LogP contribution in [0.3, 0.4) is 0 Å². The third kappa shape index (κ3) is 2.69. The van der Waals surface area contributed by atoms with Crippen molar-refractivity contribution in [1.29, 1.82) is 0 Å². The first-order valence-electron chi connectivity index (χ1n) is 6.58. The number of anilines is 1. The predicted molar refractivity (Wildman–Crippen MR) is 79.1 cm³/mol. The number of halogens is 1. The Balaban J connectivity index is 2.01. The molecule has 3 rings (SSSR count). The molecule has 0 N–H and O–H groups in total. The molecule has 0 fully saturated rings. The number of fused-ring (bicyclic) bond motifs is 1. The van der Waals surface area contributed by atoms with Crippen molar-refractivity contribution in [1.82, 2.24) is 0 Å². The third-order valence-electron chi connectivity index (χ3n) is 3.42. The Kier molecular flexibility index (Phi) is 3.85. The molecule has 22 heavy (non-hydrogen) atoms. The molecule has 6 heteroatoms. The average Bonchev–Trinajstić information content (AvgIpc) is 2.51. The number of thioether (sulfide) groups is 1. The van der Waals surface area contributed by atoms with Gasteiger partial charge in [0.15, 0.2) is 0 Å². The van der Waals surface area contributed by atoms with Gasteiger partial charge in [-0.2, -0.15) is 0 Å². The Morgan fingerprint density at radius 2 is 2.05 bits per heavy atom. The Morgan fingerprint density at radius 1 is 1.27 bits per heavy atom. The number of carbonyl (C=O) groups is 2. The molecule has 0 aliphatic carbocycles. The number of rotatable bonds is 3. The topological polar surface area (TPSA) is 60.4 Å². The highest BCUT2D eigenvalue weighted by Gasteiger charge is 2.25. The zero-order valence-electron chi connectivity index (χ0n) is 11.4. The Morgan fingerprint density at radius 3 is 2.77 bits per heavy atom. The molecule has 112 valence electrons. The van der Waals surface area contributed by atoms with Crippen LogP contribution in [-0.2, 0) is 11.3 Å². The van der Waals surface area contributed by atoms with E-state index in [0.29, 0.717) is 11.3 Å². The molecule has 1 aliphatic heterocycles. The summed E-state index contributed by atoms with van der Waals surface area (Å²) in [7, 11) is 0. The maximum atomic E-state index is 13.8. The van der Waals surface area contributed by atoms with Gasteiger partial charge in [0.1, 0.15) is 5.82 Å². The van der Waals surface area contributed by atoms with Crippen molar-refractivity contribution in [2.24, 2.45) is 0 Å². The van der Waals surface area contributed by atoms with E-state index < -0.39 is 11.8 Å². The second kappa shape index (κ2) is 5.81. The van der Waals surface area contributed by atoms with E-state index in [0.717, 1.165) is 4.90 Å². The molecule has 0 atom stereocenters. The van der Waals surface area contributed by atoms with Crippen LogP contribution < -0.4 is 10.0 Å². The lowest BCUT2D eigenvalue weighted by molar-refractivity contribution is -0.255. The van der Waals surface area contributed by atoms with Gasteiger partial charge in [0.2, 0.25) is 5.91 Å². The van der Waals surface area contributed by atoms with Crippen molar-refractivity contribution in [3.8, 4) is 0 Å². The molecule has 0 spiro atoms. The minimum absolute atomic E-state index is 0.00687. The average molecular weight is 316 g/mol. The van der Waals surface area contributed by atoms with Gasteiger partial charge in [-0.1, -0.05) is 24.3 Å². The normalized spacial score (nSPS) is 13.9. The molecule has 1 amide bonds. The first kappa shape index (κ1) is 14.6. The highest BCUT2D eigenvalue weighted by atomic mass is 32.2. The van der Waals surface area contributed by atoms with Crippen LogP contribution >= 0.6 is 11.8 Å². The van der Waals surface area contributed by atoms with Gasteiger partial charge in [0.25, 0.3) is 0 Å². The fourth-order valence-electron chi connectivity index (χ4n) is 2.30. The van der Waals surface area contributed by atoms with Gasteiger partial charge >= 0.3 is 0 Å². The summed E-state index contributed by atoms with van der Waals surface area (Å²) in [6, 6.07) is 10.7. The summed E-state index contributed by atoms with van der Waals surface area (Å²) < 4.78 is 13.8.